The van der Waals surface area contributed by atoms with Gasteiger partial charge >= 0.3 is 0 Å². The molecule has 0 unspecified atom stereocenters. The zero-order chi connectivity index (χ0) is 6.24. The number of aliphatic hydroxyl groups excluding tert-OH is 2. The van der Waals surface area contributed by atoms with Gasteiger partial charge in [-0.3, -0.25) is 0 Å². The fourth-order valence-corrected chi connectivity index (χ4v) is 0.577. The van der Waals surface area contributed by atoms with Gasteiger partial charge in [-0.05, 0) is 12.8 Å². The first-order valence-electron chi connectivity index (χ1n) is 3.13. The maximum absolute atomic E-state index is 8.30. The standard InChI is InChI=1S/C6H14O2.Sn/c7-5-3-1-2-4-6-8;/h7-8H,1-6H2;. The van der Waals surface area contributed by atoms with E-state index in [-0.39, 0.29) is 37.1 Å². The molecule has 3 heteroatoms. The number of aliphatic hydroxyl groups is 2. The van der Waals surface area contributed by atoms with Gasteiger partial charge in [-0.2, -0.15) is 0 Å². The number of hydrogen-bond donors (Lipinski definition) is 2. The Kier molecular flexibility index (Phi) is 15.9. The average Bonchev–Trinajstić information content (AvgIpc) is 1.81. The Morgan fingerprint density at radius 3 is 1.22 bits per heavy atom. The molecular weight excluding hydrogens is 223 g/mol. The second-order valence-corrected chi connectivity index (χ2v) is 1.86. The summed E-state index contributed by atoms with van der Waals surface area (Å²) < 4.78 is 0. The fraction of sp³-hybridized carbons (Fsp3) is 1.00. The van der Waals surface area contributed by atoms with Crippen LogP contribution in [0.25, 0.3) is 0 Å². The van der Waals surface area contributed by atoms with Gasteiger partial charge in [0.05, 0.1) is 0 Å². The molecule has 0 fully saturated rings. The number of hydrogen-bond acceptors (Lipinski definition) is 2. The van der Waals surface area contributed by atoms with E-state index < -0.39 is 0 Å². The van der Waals surface area contributed by atoms with E-state index in [2.05, 4.69) is 0 Å². The first-order valence-corrected chi connectivity index (χ1v) is 3.13. The van der Waals surface area contributed by atoms with Crippen LogP contribution in [0.5, 0.6) is 0 Å². The normalized spacial score (nSPS) is 8.67. The van der Waals surface area contributed by atoms with E-state index in [4.69, 9.17) is 10.2 Å². The van der Waals surface area contributed by atoms with Crippen molar-refractivity contribution in [2.45, 2.75) is 25.7 Å². The van der Waals surface area contributed by atoms with E-state index in [0.717, 1.165) is 25.7 Å². The Morgan fingerprint density at radius 1 is 0.667 bits per heavy atom. The molecule has 0 aliphatic heterocycles. The minimum absolute atomic E-state index is 0. The van der Waals surface area contributed by atoms with Crippen LogP contribution in [0, 0.1) is 0 Å². The van der Waals surface area contributed by atoms with Crippen molar-refractivity contribution < 1.29 is 10.2 Å². The third-order valence-corrected chi connectivity index (χ3v) is 1.07. The summed E-state index contributed by atoms with van der Waals surface area (Å²) in [6.07, 6.45) is 3.83. The van der Waals surface area contributed by atoms with Crippen molar-refractivity contribution in [1.82, 2.24) is 0 Å². The SMILES string of the molecule is OCCCCCCO.[Sn]. The van der Waals surface area contributed by atoms with E-state index >= 15 is 0 Å². The Balaban J connectivity index is 0. The molecule has 0 aliphatic carbocycles. The van der Waals surface area contributed by atoms with E-state index in [9.17, 15) is 0 Å². The van der Waals surface area contributed by atoms with Crippen LogP contribution in [-0.4, -0.2) is 47.3 Å². The summed E-state index contributed by atoms with van der Waals surface area (Å²) in [5.41, 5.74) is 0. The first kappa shape index (κ1) is 12.4. The van der Waals surface area contributed by atoms with Gasteiger partial charge in [0.25, 0.3) is 0 Å². The summed E-state index contributed by atoms with van der Waals surface area (Å²) in [5, 5.41) is 16.6. The van der Waals surface area contributed by atoms with Gasteiger partial charge in [0.2, 0.25) is 0 Å². The summed E-state index contributed by atoms with van der Waals surface area (Å²) >= 11 is 0. The molecule has 0 amide bonds. The van der Waals surface area contributed by atoms with Crippen molar-refractivity contribution in [3.8, 4) is 0 Å². The fourth-order valence-electron chi connectivity index (χ4n) is 0.577. The van der Waals surface area contributed by atoms with E-state index in [1.165, 1.54) is 0 Å². The zero-order valence-electron chi connectivity index (χ0n) is 5.64. The van der Waals surface area contributed by atoms with E-state index in [1.807, 2.05) is 0 Å². The van der Waals surface area contributed by atoms with Crippen LogP contribution in [0.15, 0.2) is 0 Å². The van der Waals surface area contributed by atoms with Gasteiger partial charge in [-0.1, -0.05) is 12.8 Å². The van der Waals surface area contributed by atoms with Crippen molar-refractivity contribution in [2.75, 3.05) is 13.2 Å². The molecule has 0 atom stereocenters. The Bertz CT molecular complexity index is 36.0. The van der Waals surface area contributed by atoms with Crippen LogP contribution in [0.3, 0.4) is 0 Å². The Hall–Kier alpha value is 0.719. The zero-order valence-corrected chi connectivity index (χ0v) is 8.49. The molecule has 4 radical (unpaired) electrons. The summed E-state index contributed by atoms with van der Waals surface area (Å²) in [5.74, 6) is 0. The molecule has 0 aromatic rings. The van der Waals surface area contributed by atoms with Gasteiger partial charge in [0.15, 0.2) is 0 Å². The Labute approximate surface area is 73.2 Å². The number of unbranched alkanes of at least 4 members (excludes halogenated alkanes) is 3. The third-order valence-electron chi connectivity index (χ3n) is 1.07. The summed E-state index contributed by atoms with van der Waals surface area (Å²) in [6.45, 7) is 0.566. The minimum Gasteiger partial charge on any atom is -0.396 e. The van der Waals surface area contributed by atoms with Gasteiger partial charge in [-0.15, -0.1) is 0 Å². The second-order valence-electron chi connectivity index (χ2n) is 1.86. The average molecular weight is 237 g/mol. The van der Waals surface area contributed by atoms with Crippen LogP contribution in [-0.2, 0) is 0 Å². The van der Waals surface area contributed by atoms with Gasteiger partial charge in [0, 0.05) is 37.1 Å². The molecule has 0 aromatic heterocycles. The molecule has 54 valence electrons. The van der Waals surface area contributed by atoms with Crippen LogP contribution < -0.4 is 0 Å². The van der Waals surface area contributed by atoms with Crippen LogP contribution in [0.1, 0.15) is 25.7 Å². The molecule has 0 rings (SSSR count). The van der Waals surface area contributed by atoms with Crippen molar-refractivity contribution in [3.63, 3.8) is 0 Å². The second kappa shape index (κ2) is 11.5. The molecule has 2 nitrogen and oxygen atoms in total. The molecule has 0 bridgehead atoms. The van der Waals surface area contributed by atoms with Crippen molar-refractivity contribution in [2.24, 2.45) is 0 Å². The largest absolute Gasteiger partial charge is 0.396 e. The third kappa shape index (κ3) is 12.0. The van der Waals surface area contributed by atoms with Crippen molar-refractivity contribution in [3.05, 3.63) is 0 Å². The first-order chi connectivity index (χ1) is 3.91. The van der Waals surface area contributed by atoms with E-state index in [1.54, 1.807) is 0 Å². The quantitative estimate of drug-likeness (QED) is 0.527. The summed E-state index contributed by atoms with van der Waals surface area (Å²) in [7, 11) is 0. The maximum atomic E-state index is 8.30. The smallest absolute Gasteiger partial charge is 0.0431 e. The molecule has 0 saturated heterocycles. The molecular formula is C6H14O2Sn. The molecule has 2 N–H and O–H groups in total. The van der Waals surface area contributed by atoms with Gasteiger partial charge in [-0.25, -0.2) is 0 Å². The van der Waals surface area contributed by atoms with E-state index in [0.29, 0.717) is 0 Å². The minimum atomic E-state index is 0. The van der Waals surface area contributed by atoms with Crippen LogP contribution in [0.4, 0.5) is 0 Å². The summed E-state index contributed by atoms with van der Waals surface area (Å²) in [4.78, 5) is 0. The predicted molar refractivity (Wildman–Crippen MR) is 38.4 cm³/mol. The molecule has 0 saturated carbocycles. The molecule has 9 heavy (non-hydrogen) atoms. The Morgan fingerprint density at radius 2 is 1.00 bits per heavy atom. The molecule has 0 heterocycles. The monoisotopic (exact) mass is 238 g/mol. The molecule has 0 aliphatic rings. The van der Waals surface area contributed by atoms with Crippen LogP contribution >= 0.6 is 0 Å². The number of rotatable bonds is 5. The summed E-state index contributed by atoms with van der Waals surface area (Å²) in [6, 6.07) is 0. The topological polar surface area (TPSA) is 40.5 Å². The van der Waals surface area contributed by atoms with Crippen LogP contribution in [0.2, 0.25) is 0 Å². The maximum Gasteiger partial charge on any atom is 0.0431 e. The van der Waals surface area contributed by atoms with Crippen molar-refractivity contribution in [1.29, 1.82) is 0 Å². The van der Waals surface area contributed by atoms with Gasteiger partial charge < -0.3 is 10.2 Å². The molecule has 0 aromatic carbocycles. The molecule has 0 spiro atoms. The van der Waals surface area contributed by atoms with Crippen molar-refractivity contribution >= 4 is 23.9 Å². The predicted octanol–water partition coefficient (Wildman–Crippen LogP) is 0.151. The van der Waals surface area contributed by atoms with Gasteiger partial charge in [0.1, 0.15) is 0 Å².